The molecule has 0 aliphatic heterocycles. The van der Waals surface area contributed by atoms with Crippen molar-refractivity contribution in [2.24, 2.45) is 0 Å². The van der Waals surface area contributed by atoms with Crippen LogP contribution in [0.25, 0.3) is 0 Å². The fourth-order valence-corrected chi connectivity index (χ4v) is 5.60. The van der Waals surface area contributed by atoms with E-state index in [2.05, 4.69) is 5.32 Å². The molecule has 1 atom stereocenters. The molecule has 0 spiro atoms. The van der Waals surface area contributed by atoms with E-state index in [1.807, 2.05) is 20.8 Å². The number of benzene rings is 3. The number of hydrogen-bond donors (Lipinski definition) is 1. The largest absolute Gasteiger partial charge is 0.497 e. The van der Waals surface area contributed by atoms with Crippen molar-refractivity contribution in [3.63, 3.8) is 0 Å². The number of ether oxygens (including phenoxy) is 2. The third kappa shape index (κ3) is 8.23. The first-order valence-corrected chi connectivity index (χ1v) is 14.9. The zero-order valence-corrected chi connectivity index (χ0v) is 25.3. The molecule has 1 N–H and O–H groups in total. The molecule has 10 heteroatoms. The molecule has 3 aromatic carbocycles. The highest BCUT2D eigenvalue weighted by atomic mass is 32.2. The van der Waals surface area contributed by atoms with Crippen LogP contribution in [-0.2, 0) is 26.2 Å². The van der Waals surface area contributed by atoms with E-state index in [-0.39, 0.29) is 23.0 Å². The molecule has 2 amide bonds. The molecule has 0 fully saturated rings. The maximum atomic E-state index is 14.1. The first kappa shape index (κ1) is 31.5. The maximum absolute atomic E-state index is 14.1. The molecule has 41 heavy (non-hydrogen) atoms. The van der Waals surface area contributed by atoms with Crippen molar-refractivity contribution >= 4 is 27.5 Å². The van der Waals surface area contributed by atoms with Crippen LogP contribution in [0.2, 0.25) is 0 Å². The molecule has 0 aliphatic carbocycles. The highest BCUT2D eigenvalue weighted by Crippen LogP contribution is 2.33. The number of nitrogens with zero attached hydrogens (tertiary/aromatic N) is 2. The number of anilines is 1. The summed E-state index contributed by atoms with van der Waals surface area (Å²) in [6.07, 6.45) is 0. The lowest BCUT2D eigenvalue weighted by molar-refractivity contribution is -0.140. The number of carbonyl (C=O) groups excluding carboxylic acids is 2. The van der Waals surface area contributed by atoms with Crippen LogP contribution in [0.1, 0.15) is 40.2 Å². The van der Waals surface area contributed by atoms with Crippen LogP contribution in [0, 0.1) is 0 Å². The first-order valence-electron chi connectivity index (χ1n) is 13.4. The van der Waals surface area contributed by atoms with Gasteiger partial charge in [-0.1, -0.05) is 42.5 Å². The number of methoxy groups -OCH3 is 1. The van der Waals surface area contributed by atoms with E-state index in [9.17, 15) is 18.0 Å². The number of carbonyl (C=O) groups is 2. The molecular formula is C31H39N3O6S. The van der Waals surface area contributed by atoms with Crippen molar-refractivity contribution in [3.05, 3.63) is 84.4 Å². The van der Waals surface area contributed by atoms with Gasteiger partial charge in [0.1, 0.15) is 24.1 Å². The van der Waals surface area contributed by atoms with Crippen LogP contribution in [0.15, 0.2) is 83.8 Å². The van der Waals surface area contributed by atoms with Crippen LogP contribution < -0.4 is 19.1 Å². The van der Waals surface area contributed by atoms with E-state index in [0.717, 1.165) is 9.87 Å². The monoisotopic (exact) mass is 581 g/mol. The average molecular weight is 582 g/mol. The molecule has 220 valence electrons. The van der Waals surface area contributed by atoms with E-state index < -0.39 is 34.1 Å². The van der Waals surface area contributed by atoms with E-state index in [1.54, 1.807) is 87.7 Å². The summed E-state index contributed by atoms with van der Waals surface area (Å²) < 4.78 is 40.0. The number of sulfonamides is 1. The van der Waals surface area contributed by atoms with Gasteiger partial charge in [0.2, 0.25) is 11.8 Å². The minimum Gasteiger partial charge on any atom is -0.497 e. The van der Waals surface area contributed by atoms with Gasteiger partial charge in [0.25, 0.3) is 10.0 Å². The molecule has 0 radical (unpaired) electrons. The normalized spacial score (nSPS) is 12.2. The van der Waals surface area contributed by atoms with Gasteiger partial charge in [0.15, 0.2) is 0 Å². The van der Waals surface area contributed by atoms with Gasteiger partial charge in [-0.2, -0.15) is 0 Å². The van der Waals surface area contributed by atoms with Gasteiger partial charge in [0.05, 0.1) is 24.3 Å². The molecule has 3 rings (SSSR count). The van der Waals surface area contributed by atoms with Gasteiger partial charge in [-0.05, 0) is 76.6 Å². The summed E-state index contributed by atoms with van der Waals surface area (Å²) in [5.74, 6) is 0.0649. The quantitative estimate of drug-likeness (QED) is 0.335. The number of nitrogens with one attached hydrogen (secondary N) is 1. The number of rotatable bonds is 12. The predicted octanol–water partition coefficient (Wildman–Crippen LogP) is 4.62. The van der Waals surface area contributed by atoms with Gasteiger partial charge in [-0.15, -0.1) is 0 Å². The highest BCUT2D eigenvalue weighted by molar-refractivity contribution is 7.92. The summed E-state index contributed by atoms with van der Waals surface area (Å²) in [5.41, 5.74) is 0.448. The molecule has 3 aromatic rings. The minimum absolute atomic E-state index is 0.0272. The second-order valence-electron chi connectivity index (χ2n) is 10.5. The third-order valence-electron chi connectivity index (χ3n) is 6.22. The smallest absolute Gasteiger partial charge is 0.264 e. The Labute approximate surface area is 243 Å². The Hall–Kier alpha value is -4.05. The topological polar surface area (TPSA) is 105 Å². The van der Waals surface area contributed by atoms with Crippen molar-refractivity contribution in [1.29, 1.82) is 0 Å². The van der Waals surface area contributed by atoms with E-state index in [4.69, 9.17) is 9.47 Å². The third-order valence-corrected chi connectivity index (χ3v) is 8.00. The Kier molecular flexibility index (Phi) is 10.4. The Bertz CT molecular complexity index is 1420. The summed E-state index contributed by atoms with van der Waals surface area (Å²) in [5, 5.41) is 2.92. The van der Waals surface area contributed by atoms with Crippen LogP contribution in [0.3, 0.4) is 0 Å². The maximum Gasteiger partial charge on any atom is 0.264 e. The van der Waals surface area contributed by atoms with Gasteiger partial charge in [-0.25, -0.2) is 8.42 Å². The molecule has 0 unspecified atom stereocenters. The first-order chi connectivity index (χ1) is 19.4. The lowest BCUT2D eigenvalue weighted by Gasteiger charge is -2.33. The summed E-state index contributed by atoms with van der Waals surface area (Å²) in [7, 11) is -2.63. The zero-order valence-electron chi connectivity index (χ0n) is 24.5. The number of para-hydroxylation sites is 2. The summed E-state index contributed by atoms with van der Waals surface area (Å²) in [6.45, 7) is 8.82. The second-order valence-corrected chi connectivity index (χ2v) is 12.4. The van der Waals surface area contributed by atoms with E-state index >= 15 is 0 Å². The Morgan fingerprint density at radius 2 is 1.54 bits per heavy atom. The summed E-state index contributed by atoms with van der Waals surface area (Å²) >= 11 is 0. The molecule has 0 bridgehead atoms. The molecule has 0 aliphatic rings. The van der Waals surface area contributed by atoms with Crippen molar-refractivity contribution in [1.82, 2.24) is 10.2 Å². The Morgan fingerprint density at radius 3 is 2.12 bits per heavy atom. The van der Waals surface area contributed by atoms with Crippen molar-refractivity contribution in [2.45, 2.75) is 57.6 Å². The lowest BCUT2D eigenvalue weighted by atomic mass is 10.1. The predicted molar refractivity (Wildman–Crippen MR) is 159 cm³/mol. The highest BCUT2D eigenvalue weighted by Gasteiger charge is 2.34. The second kappa shape index (κ2) is 13.5. The van der Waals surface area contributed by atoms with Gasteiger partial charge in [-0.3, -0.25) is 13.9 Å². The van der Waals surface area contributed by atoms with Crippen molar-refractivity contribution in [3.8, 4) is 11.5 Å². The van der Waals surface area contributed by atoms with Crippen LogP contribution >= 0.6 is 0 Å². The minimum atomic E-state index is -4.19. The zero-order chi connectivity index (χ0) is 30.2. The van der Waals surface area contributed by atoms with Gasteiger partial charge in [0, 0.05) is 12.1 Å². The standard InChI is InChI=1S/C31H39N3O6S/c1-7-40-28-16-12-11-15-27(28)34(41(37,38)26-13-9-8-10-14-26)22-29(35)33(23(2)30(36)32-31(3,4)5)21-24-17-19-25(39-6)20-18-24/h8-20,23H,7,21-22H2,1-6H3,(H,32,36)/t23-/m1/s1. The Balaban J connectivity index is 2.07. The van der Waals surface area contributed by atoms with Crippen LogP contribution in [-0.4, -0.2) is 57.0 Å². The molecule has 0 saturated heterocycles. The molecule has 9 nitrogen and oxygen atoms in total. The lowest BCUT2D eigenvalue weighted by Crippen LogP contribution is -2.54. The number of amides is 2. The molecule has 0 saturated carbocycles. The Morgan fingerprint density at radius 1 is 0.927 bits per heavy atom. The summed E-state index contributed by atoms with van der Waals surface area (Å²) in [4.78, 5) is 28.7. The van der Waals surface area contributed by atoms with E-state index in [1.165, 1.54) is 17.0 Å². The van der Waals surface area contributed by atoms with Crippen LogP contribution in [0.4, 0.5) is 5.69 Å². The van der Waals surface area contributed by atoms with Gasteiger partial charge >= 0.3 is 0 Å². The van der Waals surface area contributed by atoms with E-state index in [0.29, 0.717) is 18.1 Å². The summed E-state index contributed by atoms with van der Waals surface area (Å²) in [6, 6.07) is 20.8. The van der Waals surface area contributed by atoms with Gasteiger partial charge < -0.3 is 19.7 Å². The fourth-order valence-electron chi connectivity index (χ4n) is 4.16. The van der Waals surface area contributed by atoms with Crippen LogP contribution in [0.5, 0.6) is 11.5 Å². The number of hydrogen-bond acceptors (Lipinski definition) is 6. The van der Waals surface area contributed by atoms with Crippen molar-refractivity contribution < 1.29 is 27.5 Å². The molecule has 0 aromatic heterocycles. The molecule has 0 heterocycles. The van der Waals surface area contributed by atoms with Crippen molar-refractivity contribution in [2.75, 3.05) is 24.6 Å². The fraction of sp³-hybridized carbons (Fsp3) is 0.355. The molecular weight excluding hydrogens is 542 g/mol. The SMILES string of the molecule is CCOc1ccccc1N(CC(=O)N(Cc1ccc(OC)cc1)[C@H](C)C(=O)NC(C)(C)C)S(=O)(=O)c1ccccc1. The average Bonchev–Trinajstić information content (AvgIpc) is 2.94.